The molecule has 0 amide bonds. The fourth-order valence-electron chi connectivity index (χ4n) is 1.65. The summed E-state index contributed by atoms with van der Waals surface area (Å²) >= 11 is 0. The third kappa shape index (κ3) is 4.99. The standard InChI is InChI=1S/C12H20N2O3/c1-9(2)14(6-4-5-12(15)16)8-11-7-10(3)17-13-11/h7,9H,4-6,8H2,1-3H3,(H,15,16). The van der Waals surface area contributed by atoms with Crippen molar-refractivity contribution in [1.29, 1.82) is 0 Å². The fraction of sp³-hybridized carbons (Fsp3) is 0.667. The Morgan fingerprint density at radius 2 is 2.29 bits per heavy atom. The Morgan fingerprint density at radius 1 is 1.59 bits per heavy atom. The lowest BCUT2D eigenvalue weighted by atomic mass is 10.2. The van der Waals surface area contributed by atoms with Crippen LogP contribution in [0.25, 0.3) is 0 Å². The predicted molar refractivity (Wildman–Crippen MR) is 63.7 cm³/mol. The quantitative estimate of drug-likeness (QED) is 0.790. The molecular weight excluding hydrogens is 220 g/mol. The molecule has 0 aliphatic carbocycles. The topological polar surface area (TPSA) is 66.6 Å². The summed E-state index contributed by atoms with van der Waals surface area (Å²) in [6, 6.07) is 2.27. The Morgan fingerprint density at radius 3 is 2.76 bits per heavy atom. The number of nitrogens with zero attached hydrogens (tertiary/aromatic N) is 2. The van der Waals surface area contributed by atoms with Crippen molar-refractivity contribution in [1.82, 2.24) is 10.1 Å². The van der Waals surface area contributed by atoms with E-state index >= 15 is 0 Å². The summed E-state index contributed by atoms with van der Waals surface area (Å²) in [5.74, 6) is 0.0558. The number of carboxylic acid groups (broad SMARTS) is 1. The maximum Gasteiger partial charge on any atom is 0.303 e. The Balaban J connectivity index is 2.46. The summed E-state index contributed by atoms with van der Waals surface area (Å²) in [5, 5.41) is 12.6. The number of hydrogen-bond acceptors (Lipinski definition) is 4. The molecular formula is C12H20N2O3. The van der Waals surface area contributed by atoms with Crippen molar-refractivity contribution in [2.45, 2.75) is 46.2 Å². The average Bonchev–Trinajstić information content (AvgIpc) is 2.62. The summed E-state index contributed by atoms with van der Waals surface area (Å²) in [7, 11) is 0. The highest BCUT2D eigenvalue weighted by Gasteiger charge is 2.12. The van der Waals surface area contributed by atoms with E-state index in [1.165, 1.54) is 0 Å². The summed E-state index contributed by atoms with van der Waals surface area (Å²) in [4.78, 5) is 12.7. The Labute approximate surface area is 101 Å². The van der Waals surface area contributed by atoms with Gasteiger partial charge < -0.3 is 9.63 Å². The van der Waals surface area contributed by atoms with Gasteiger partial charge in [-0.15, -0.1) is 0 Å². The molecule has 1 rings (SSSR count). The second-order valence-corrected chi connectivity index (χ2v) is 4.49. The minimum atomic E-state index is -0.744. The van der Waals surface area contributed by atoms with E-state index in [9.17, 15) is 4.79 Å². The second kappa shape index (κ2) is 6.39. The first kappa shape index (κ1) is 13.7. The SMILES string of the molecule is Cc1cc(CN(CCCC(=O)O)C(C)C)no1. The minimum Gasteiger partial charge on any atom is -0.481 e. The second-order valence-electron chi connectivity index (χ2n) is 4.49. The molecule has 96 valence electrons. The van der Waals surface area contributed by atoms with E-state index in [1.807, 2.05) is 13.0 Å². The van der Waals surface area contributed by atoms with Gasteiger partial charge >= 0.3 is 5.97 Å². The Hall–Kier alpha value is -1.36. The molecule has 0 aliphatic rings. The summed E-state index contributed by atoms with van der Waals surface area (Å²) in [6.45, 7) is 7.51. The highest BCUT2D eigenvalue weighted by atomic mass is 16.5. The molecule has 0 unspecified atom stereocenters. The van der Waals surface area contributed by atoms with E-state index in [4.69, 9.17) is 9.63 Å². The maximum atomic E-state index is 10.5. The van der Waals surface area contributed by atoms with E-state index in [1.54, 1.807) is 0 Å². The summed E-state index contributed by atoms with van der Waals surface area (Å²) < 4.78 is 5.02. The van der Waals surface area contributed by atoms with Crippen molar-refractivity contribution in [2.75, 3.05) is 6.54 Å². The zero-order valence-corrected chi connectivity index (χ0v) is 10.6. The van der Waals surface area contributed by atoms with Crippen molar-refractivity contribution in [3.8, 4) is 0 Å². The molecule has 0 fully saturated rings. The van der Waals surface area contributed by atoms with Crippen LogP contribution in [0.4, 0.5) is 0 Å². The number of aromatic nitrogens is 1. The van der Waals surface area contributed by atoms with E-state index in [0.717, 1.165) is 18.0 Å². The van der Waals surface area contributed by atoms with Gasteiger partial charge in [0.1, 0.15) is 5.76 Å². The molecule has 1 N–H and O–H groups in total. The predicted octanol–water partition coefficient (Wildman–Crippen LogP) is 2.06. The van der Waals surface area contributed by atoms with E-state index in [0.29, 0.717) is 19.0 Å². The number of carbonyl (C=O) groups is 1. The van der Waals surface area contributed by atoms with E-state index in [2.05, 4.69) is 23.9 Å². The van der Waals surface area contributed by atoms with Crippen molar-refractivity contribution in [3.63, 3.8) is 0 Å². The molecule has 1 aromatic rings. The zero-order valence-electron chi connectivity index (χ0n) is 10.6. The summed E-state index contributed by atoms with van der Waals surface area (Å²) in [5.41, 5.74) is 0.895. The normalized spacial score (nSPS) is 11.4. The van der Waals surface area contributed by atoms with Crippen molar-refractivity contribution >= 4 is 5.97 Å². The molecule has 5 heteroatoms. The molecule has 0 radical (unpaired) electrons. The Bertz CT molecular complexity index is 360. The third-order valence-corrected chi connectivity index (χ3v) is 2.61. The minimum absolute atomic E-state index is 0.209. The Kier molecular flexibility index (Phi) is 5.15. The highest BCUT2D eigenvalue weighted by molar-refractivity contribution is 5.66. The van der Waals surface area contributed by atoms with Crippen LogP contribution in [-0.2, 0) is 11.3 Å². The molecule has 0 aliphatic heterocycles. The van der Waals surface area contributed by atoms with Crippen molar-refractivity contribution in [3.05, 3.63) is 17.5 Å². The van der Waals surface area contributed by atoms with Gasteiger partial charge in [-0.1, -0.05) is 5.16 Å². The average molecular weight is 240 g/mol. The molecule has 0 spiro atoms. The lowest BCUT2D eigenvalue weighted by molar-refractivity contribution is -0.137. The van der Waals surface area contributed by atoms with Crippen LogP contribution < -0.4 is 0 Å². The number of carboxylic acids is 1. The van der Waals surface area contributed by atoms with Gasteiger partial charge in [-0.25, -0.2) is 0 Å². The molecule has 1 heterocycles. The first-order valence-corrected chi connectivity index (χ1v) is 5.87. The molecule has 0 atom stereocenters. The molecule has 0 bridgehead atoms. The molecule has 0 saturated heterocycles. The molecule has 17 heavy (non-hydrogen) atoms. The molecule has 1 aromatic heterocycles. The van der Waals surface area contributed by atoms with Crippen LogP contribution in [0.3, 0.4) is 0 Å². The maximum absolute atomic E-state index is 10.5. The van der Waals surface area contributed by atoms with Crippen LogP contribution in [0, 0.1) is 6.92 Å². The van der Waals surface area contributed by atoms with Crippen LogP contribution in [-0.4, -0.2) is 33.7 Å². The summed E-state index contributed by atoms with van der Waals surface area (Å²) in [6.07, 6.45) is 0.866. The number of aliphatic carboxylic acids is 1. The largest absolute Gasteiger partial charge is 0.481 e. The van der Waals surface area contributed by atoms with Gasteiger partial charge in [-0.2, -0.15) is 0 Å². The lowest BCUT2D eigenvalue weighted by Gasteiger charge is -2.24. The van der Waals surface area contributed by atoms with Crippen LogP contribution in [0.1, 0.15) is 38.1 Å². The van der Waals surface area contributed by atoms with Crippen LogP contribution in [0.15, 0.2) is 10.6 Å². The van der Waals surface area contributed by atoms with Gasteiger partial charge in [0.2, 0.25) is 0 Å². The highest BCUT2D eigenvalue weighted by Crippen LogP contribution is 2.10. The first-order valence-electron chi connectivity index (χ1n) is 5.87. The van der Waals surface area contributed by atoms with Crippen molar-refractivity contribution < 1.29 is 14.4 Å². The number of hydrogen-bond donors (Lipinski definition) is 1. The van der Waals surface area contributed by atoms with Crippen LogP contribution in [0.2, 0.25) is 0 Å². The van der Waals surface area contributed by atoms with Gasteiger partial charge in [0.05, 0.1) is 5.69 Å². The van der Waals surface area contributed by atoms with Gasteiger partial charge in [0, 0.05) is 25.1 Å². The van der Waals surface area contributed by atoms with E-state index in [-0.39, 0.29) is 6.42 Å². The molecule has 0 saturated carbocycles. The van der Waals surface area contributed by atoms with Crippen molar-refractivity contribution in [2.24, 2.45) is 0 Å². The van der Waals surface area contributed by atoms with Crippen LogP contribution >= 0.6 is 0 Å². The lowest BCUT2D eigenvalue weighted by Crippen LogP contribution is -2.31. The number of rotatable bonds is 7. The van der Waals surface area contributed by atoms with Gasteiger partial charge in [0.25, 0.3) is 0 Å². The fourth-order valence-corrected chi connectivity index (χ4v) is 1.65. The first-order chi connectivity index (χ1) is 7.99. The van der Waals surface area contributed by atoms with Crippen LogP contribution in [0.5, 0.6) is 0 Å². The smallest absolute Gasteiger partial charge is 0.303 e. The number of aryl methyl sites for hydroxylation is 1. The zero-order chi connectivity index (χ0) is 12.8. The van der Waals surface area contributed by atoms with Gasteiger partial charge in [-0.3, -0.25) is 9.69 Å². The monoisotopic (exact) mass is 240 g/mol. The van der Waals surface area contributed by atoms with Gasteiger partial charge in [0.15, 0.2) is 0 Å². The molecule has 5 nitrogen and oxygen atoms in total. The van der Waals surface area contributed by atoms with E-state index < -0.39 is 5.97 Å². The molecule has 0 aromatic carbocycles. The van der Waals surface area contributed by atoms with Gasteiger partial charge in [-0.05, 0) is 33.7 Å². The third-order valence-electron chi connectivity index (χ3n) is 2.61.